The molecule has 0 aliphatic heterocycles. The molecule has 0 spiro atoms. The zero-order chi connectivity index (χ0) is 21.3. The number of aromatic amines is 3. The summed E-state index contributed by atoms with van der Waals surface area (Å²) in [5.41, 5.74) is 8.02. The van der Waals surface area contributed by atoms with E-state index in [2.05, 4.69) is 40.5 Å². The molecule has 0 aromatic carbocycles. The van der Waals surface area contributed by atoms with Crippen LogP contribution < -0.4 is 16.4 Å². The predicted molar refractivity (Wildman–Crippen MR) is 105 cm³/mol. The molecule has 0 saturated heterocycles. The number of imidazole rings is 3. The van der Waals surface area contributed by atoms with E-state index in [1.54, 1.807) is 18.6 Å². The number of amides is 2. The van der Waals surface area contributed by atoms with Crippen LogP contribution >= 0.6 is 0 Å². The second-order valence-corrected chi connectivity index (χ2v) is 6.76. The first-order valence-electron chi connectivity index (χ1n) is 9.28. The lowest BCUT2D eigenvalue weighted by Crippen LogP contribution is -2.55. The molecule has 3 atom stereocenters. The molecule has 12 nitrogen and oxygen atoms in total. The Bertz CT molecular complexity index is 922. The van der Waals surface area contributed by atoms with Crippen LogP contribution in [0.2, 0.25) is 0 Å². The molecule has 0 unspecified atom stereocenters. The van der Waals surface area contributed by atoms with Crippen molar-refractivity contribution in [3.05, 3.63) is 54.7 Å². The number of nitrogens with zero attached hydrogens (tertiary/aromatic N) is 3. The monoisotopic (exact) mass is 413 g/mol. The van der Waals surface area contributed by atoms with Crippen LogP contribution in [0.1, 0.15) is 17.1 Å². The lowest BCUT2D eigenvalue weighted by molar-refractivity contribution is -0.130. The van der Waals surface area contributed by atoms with Crippen LogP contribution in [0, 0.1) is 0 Å². The minimum Gasteiger partial charge on any atom is -0.348 e. The largest absolute Gasteiger partial charge is 0.348 e. The molecule has 2 amide bonds. The van der Waals surface area contributed by atoms with Gasteiger partial charge in [0, 0.05) is 54.9 Å². The van der Waals surface area contributed by atoms with Crippen molar-refractivity contribution in [3.63, 3.8) is 0 Å². The Balaban J connectivity index is 1.65. The van der Waals surface area contributed by atoms with Crippen LogP contribution in [0.25, 0.3) is 0 Å². The highest BCUT2D eigenvalue weighted by Crippen LogP contribution is 2.03. The van der Waals surface area contributed by atoms with E-state index in [4.69, 9.17) is 5.73 Å². The molecule has 0 saturated carbocycles. The van der Waals surface area contributed by atoms with Crippen molar-refractivity contribution in [1.29, 1.82) is 0 Å². The van der Waals surface area contributed by atoms with Crippen molar-refractivity contribution in [3.8, 4) is 0 Å². The Morgan fingerprint density at radius 3 is 1.90 bits per heavy atom. The van der Waals surface area contributed by atoms with Crippen molar-refractivity contribution in [2.45, 2.75) is 37.4 Å². The number of nitrogens with one attached hydrogen (secondary N) is 5. The molecule has 12 heteroatoms. The van der Waals surface area contributed by atoms with E-state index in [-0.39, 0.29) is 19.3 Å². The smallest absolute Gasteiger partial charge is 0.243 e. The molecule has 0 aliphatic rings. The molecule has 30 heavy (non-hydrogen) atoms. The van der Waals surface area contributed by atoms with E-state index in [9.17, 15) is 14.4 Å². The van der Waals surface area contributed by atoms with E-state index in [0.29, 0.717) is 23.4 Å². The third kappa shape index (κ3) is 5.85. The molecule has 3 heterocycles. The van der Waals surface area contributed by atoms with Gasteiger partial charge in [0.15, 0.2) is 0 Å². The van der Waals surface area contributed by atoms with Crippen molar-refractivity contribution in [2.24, 2.45) is 5.73 Å². The van der Waals surface area contributed by atoms with Crippen molar-refractivity contribution in [2.75, 3.05) is 0 Å². The zero-order valence-electron chi connectivity index (χ0n) is 16.0. The molecular formula is C18H23N9O3. The fourth-order valence-electron chi connectivity index (χ4n) is 2.88. The predicted octanol–water partition coefficient (Wildman–Crippen LogP) is -1.62. The highest BCUT2D eigenvalue weighted by molar-refractivity contribution is 5.91. The standard InChI is InChI=1S/C18H23N9O3/c19-15(2-12-5-21-9-24-12)17(29)27-16(3-13-6-22-10-25-13)18(30)26-14(7-28)1-11-4-20-8-23-11/h4-10,14-16H,1-3,19H2,(H,20,23)(H,21,24)(H,22,25)(H,26,30)(H,27,29)/t14-,15-,16-/m0/s1. The maximum atomic E-state index is 12.8. The topological polar surface area (TPSA) is 187 Å². The summed E-state index contributed by atoms with van der Waals surface area (Å²) in [6.07, 6.45) is 10.4. The van der Waals surface area contributed by atoms with Gasteiger partial charge in [-0.25, -0.2) is 15.0 Å². The number of hydrogen-bond acceptors (Lipinski definition) is 7. The lowest BCUT2D eigenvalue weighted by Gasteiger charge is -2.22. The SMILES string of the molecule is N[C@@H](Cc1cnc[nH]1)C(=O)N[C@@H](Cc1cnc[nH]1)C(=O)N[C@H](C=O)Cc1cnc[nH]1. The van der Waals surface area contributed by atoms with Gasteiger partial charge < -0.3 is 36.1 Å². The van der Waals surface area contributed by atoms with Crippen molar-refractivity contribution < 1.29 is 14.4 Å². The van der Waals surface area contributed by atoms with Crippen LogP contribution in [-0.4, -0.2) is 66.1 Å². The normalized spacial score (nSPS) is 13.9. The first kappa shape index (κ1) is 20.9. The summed E-state index contributed by atoms with van der Waals surface area (Å²) >= 11 is 0. The molecule has 0 radical (unpaired) electrons. The fourth-order valence-corrected chi connectivity index (χ4v) is 2.88. The van der Waals surface area contributed by atoms with E-state index >= 15 is 0 Å². The van der Waals surface area contributed by atoms with Gasteiger partial charge in [-0.1, -0.05) is 0 Å². The van der Waals surface area contributed by atoms with Gasteiger partial charge in [-0.2, -0.15) is 0 Å². The van der Waals surface area contributed by atoms with Gasteiger partial charge >= 0.3 is 0 Å². The molecule has 0 bridgehead atoms. The van der Waals surface area contributed by atoms with Gasteiger partial charge in [0.25, 0.3) is 0 Å². The molecule has 3 aromatic heterocycles. The summed E-state index contributed by atoms with van der Waals surface area (Å²) in [5, 5.41) is 5.31. The minimum absolute atomic E-state index is 0.157. The Kier molecular flexibility index (Phi) is 7.05. The molecule has 0 aliphatic carbocycles. The molecular weight excluding hydrogens is 390 g/mol. The highest BCUT2D eigenvalue weighted by atomic mass is 16.2. The number of aromatic nitrogens is 6. The Morgan fingerprint density at radius 1 is 0.867 bits per heavy atom. The van der Waals surface area contributed by atoms with Gasteiger partial charge in [0.05, 0.1) is 31.1 Å². The minimum atomic E-state index is -0.949. The molecule has 3 aromatic rings. The summed E-state index contributed by atoms with van der Waals surface area (Å²) in [4.78, 5) is 57.2. The molecule has 0 fully saturated rings. The number of aldehydes is 1. The summed E-state index contributed by atoms with van der Waals surface area (Å²) in [7, 11) is 0. The number of carbonyl (C=O) groups excluding carboxylic acids is 3. The Morgan fingerprint density at radius 2 is 1.40 bits per heavy atom. The number of carbonyl (C=O) groups is 3. The second kappa shape index (κ2) is 10.1. The van der Waals surface area contributed by atoms with Crippen LogP contribution in [0.5, 0.6) is 0 Å². The lowest BCUT2D eigenvalue weighted by atomic mass is 10.1. The van der Waals surface area contributed by atoms with Crippen LogP contribution in [0.4, 0.5) is 0 Å². The second-order valence-electron chi connectivity index (χ2n) is 6.76. The zero-order valence-corrected chi connectivity index (χ0v) is 16.0. The van der Waals surface area contributed by atoms with Crippen LogP contribution in [0.15, 0.2) is 37.6 Å². The quantitative estimate of drug-likeness (QED) is 0.204. The molecule has 3 rings (SSSR count). The highest BCUT2D eigenvalue weighted by Gasteiger charge is 2.26. The van der Waals surface area contributed by atoms with Gasteiger partial charge in [0.1, 0.15) is 12.3 Å². The number of nitrogens with two attached hydrogens (primary N) is 1. The van der Waals surface area contributed by atoms with Gasteiger partial charge in [-0.05, 0) is 0 Å². The Labute approximate surface area is 171 Å². The molecule has 7 N–H and O–H groups in total. The average Bonchev–Trinajstić information content (AvgIpc) is 3.50. The summed E-state index contributed by atoms with van der Waals surface area (Å²) < 4.78 is 0. The third-order valence-electron chi connectivity index (χ3n) is 4.43. The number of rotatable bonds is 11. The first-order valence-corrected chi connectivity index (χ1v) is 9.28. The third-order valence-corrected chi connectivity index (χ3v) is 4.43. The number of hydrogen-bond donors (Lipinski definition) is 6. The van der Waals surface area contributed by atoms with Crippen LogP contribution in [-0.2, 0) is 33.6 Å². The van der Waals surface area contributed by atoms with Crippen molar-refractivity contribution >= 4 is 18.1 Å². The average molecular weight is 413 g/mol. The van der Waals surface area contributed by atoms with E-state index in [1.807, 2.05) is 0 Å². The van der Waals surface area contributed by atoms with Gasteiger partial charge in [0.2, 0.25) is 11.8 Å². The first-order chi connectivity index (χ1) is 14.5. The summed E-state index contributed by atoms with van der Waals surface area (Å²) in [6.45, 7) is 0. The van der Waals surface area contributed by atoms with E-state index in [1.165, 1.54) is 19.0 Å². The van der Waals surface area contributed by atoms with Crippen LogP contribution in [0.3, 0.4) is 0 Å². The molecule has 158 valence electrons. The maximum absolute atomic E-state index is 12.8. The maximum Gasteiger partial charge on any atom is 0.243 e. The Hall–Kier alpha value is -3.80. The van der Waals surface area contributed by atoms with E-state index in [0.717, 1.165) is 0 Å². The number of H-pyrrole nitrogens is 3. The van der Waals surface area contributed by atoms with Gasteiger partial charge in [-0.3, -0.25) is 9.59 Å². The van der Waals surface area contributed by atoms with Crippen molar-refractivity contribution in [1.82, 2.24) is 40.5 Å². The summed E-state index contributed by atoms with van der Waals surface area (Å²) in [6, 6.07) is -2.61. The summed E-state index contributed by atoms with van der Waals surface area (Å²) in [5.74, 6) is -1.01. The van der Waals surface area contributed by atoms with Gasteiger partial charge in [-0.15, -0.1) is 0 Å². The fraction of sp³-hybridized carbons (Fsp3) is 0.333. The van der Waals surface area contributed by atoms with E-state index < -0.39 is 29.9 Å².